The van der Waals surface area contributed by atoms with Crippen molar-refractivity contribution in [3.8, 4) is 5.75 Å². The highest BCUT2D eigenvalue weighted by molar-refractivity contribution is 7.71. The second-order valence-electron chi connectivity index (χ2n) is 1.53. The van der Waals surface area contributed by atoms with Crippen LogP contribution in [0, 0.1) is 4.64 Å². The Balaban J connectivity index is 3.34. The van der Waals surface area contributed by atoms with Gasteiger partial charge in [0.25, 0.3) is 0 Å². The summed E-state index contributed by atoms with van der Waals surface area (Å²) in [5.74, 6) is 0.0143. The van der Waals surface area contributed by atoms with Crippen molar-refractivity contribution in [3.05, 3.63) is 21.9 Å². The average molecular weight is 162 g/mol. The molecule has 0 bridgehead atoms. The normalized spacial score (nSPS) is 9.44. The maximum absolute atomic E-state index is 8.88. The summed E-state index contributed by atoms with van der Waals surface area (Å²) < 4.78 is 0.469. The second kappa shape index (κ2) is 2.37. The van der Waals surface area contributed by atoms with E-state index < -0.39 is 0 Å². The van der Waals surface area contributed by atoms with Crippen LogP contribution in [0.15, 0.2) is 12.3 Å². The van der Waals surface area contributed by atoms with E-state index in [1.54, 1.807) is 0 Å². The van der Waals surface area contributed by atoms with Crippen molar-refractivity contribution in [2.75, 3.05) is 0 Å². The number of halogens is 1. The van der Waals surface area contributed by atoms with E-state index in [-0.39, 0.29) is 10.8 Å². The summed E-state index contributed by atoms with van der Waals surface area (Å²) in [5.41, 5.74) is 0. The van der Waals surface area contributed by atoms with Gasteiger partial charge in [0, 0.05) is 12.3 Å². The predicted molar refractivity (Wildman–Crippen MR) is 38.3 cm³/mol. The highest BCUT2D eigenvalue weighted by atomic mass is 35.5. The quantitative estimate of drug-likeness (QED) is 0.572. The van der Waals surface area contributed by atoms with E-state index in [1.807, 2.05) is 0 Å². The minimum Gasteiger partial charge on any atom is -0.506 e. The molecule has 0 aliphatic carbocycles. The molecule has 2 N–H and O–H groups in total. The lowest BCUT2D eigenvalue weighted by Crippen LogP contribution is -1.72. The number of H-pyrrole nitrogens is 1. The van der Waals surface area contributed by atoms with Gasteiger partial charge in [0.15, 0.2) is 0 Å². The van der Waals surface area contributed by atoms with Crippen LogP contribution in [0.5, 0.6) is 5.75 Å². The van der Waals surface area contributed by atoms with Gasteiger partial charge in [0.2, 0.25) is 0 Å². The van der Waals surface area contributed by atoms with E-state index in [1.165, 1.54) is 12.3 Å². The van der Waals surface area contributed by atoms with E-state index in [0.717, 1.165) is 0 Å². The number of aromatic amines is 1. The molecular formula is C5H4ClNOS. The van der Waals surface area contributed by atoms with Crippen molar-refractivity contribution in [1.29, 1.82) is 0 Å². The number of aromatic nitrogens is 1. The molecule has 1 rings (SSSR count). The first-order chi connectivity index (χ1) is 4.20. The molecule has 0 aliphatic heterocycles. The molecule has 0 aromatic carbocycles. The van der Waals surface area contributed by atoms with Crippen LogP contribution in [0.25, 0.3) is 0 Å². The fourth-order valence-electron chi connectivity index (χ4n) is 0.443. The van der Waals surface area contributed by atoms with Crippen LogP contribution < -0.4 is 0 Å². The number of pyridine rings is 1. The molecule has 1 heterocycles. The van der Waals surface area contributed by atoms with Gasteiger partial charge in [-0.2, -0.15) is 0 Å². The molecule has 0 saturated heterocycles. The van der Waals surface area contributed by atoms with Crippen molar-refractivity contribution in [2.45, 2.75) is 0 Å². The SMILES string of the molecule is Oc1cc(=S)[nH]cc1Cl. The Hall–Kier alpha value is -0.540. The Morgan fingerprint density at radius 2 is 2.33 bits per heavy atom. The van der Waals surface area contributed by atoms with E-state index in [0.29, 0.717) is 4.64 Å². The number of hydrogen-bond donors (Lipinski definition) is 2. The van der Waals surface area contributed by atoms with Gasteiger partial charge >= 0.3 is 0 Å². The summed E-state index contributed by atoms with van der Waals surface area (Å²) >= 11 is 10.1. The third kappa shape index (κ3) is 1.43. The lowest BCUT2D eigenvalue weighted by Gasteiger charge is -1.91. The van der Waals surface area contributed by atoms with Gasteiger partial charge in [-0.05, 0) is 0 Å². The van der Waals surface area contributed by atoms with Gasteiger partial charge in [-0.15, -0.1) is 0 Å². The summed E-state index contributed by atoms with van der Waals surface area (Å²) in [5, 5.41) is 9.16. The summed E-state index contributed by atoms with van der Waals surface area (Å²) in [6, 6.07) is 1.39. The Morgan fingerprint density at radius 3 is 2.78 bits per heavy atom. The molecule has 9 heavy (non-hydrogen) atoms. The predicted octanol–water partition coefficient (Wildman–Crippen LogP) is 2.10. The van der Waals surface area contributed by atoms with Crippen LogP contribution in [0.1, 0.15) is 0 Å². The van der Waals surface area contributed by atoms with Gasteiger partial charge in [-0.1, -0.05) is 23.8 Å². The Labute approximate surface area is 62.1 Å². The molecule has 0 atom stereocenters. The first kappa shape index (κ1) is 6.58. The first-order valence-corrected chi connectivity index (χ1v) is 3.06. The number of hydrogen-bond acceptors (Lipinski definition) is 2. The number of rotatable bonds is 0. The molecule has 1 aromatic rings. The van der Waals surface area contributed by atoms with Crippen LogP contribution >= 0.6 is 23.8 Å². The van der Waals surface area contributed by atoms with E-state index in [9.17, 15) is 0 Å². The van der Waals surface area contributed by atoms with Crippen molar-refractivity contribution in [2.24, 2.45) is 0 Å². The van der Waals surface area contributed by atoms with Crippen LogP contribution in [0.4, 0.5) is 0 Å². The van der Waals surface area contributed by atoms with Gasteiger partial charge in [0.1, 0.15) is 10.4 Å². The molecule has 0 amide bonds. The number of aromatic hydroxyl groups is 1. The topological polar surface area (TPSA) is 36.0 Å². The Kier molecular flexibility index (Phi) is 1.73. The van der Waals surface area contributed by atoms with Crippen molar-refractivity contribution in [3.63, 3.8) is 0 Å². The van der Waals surface area contributed by atoms with Crippen molar-refractivity contribution >= 4 is 23.8 Å². The highest BCUT2D eigenvalue weighted by Gasteiger charge is 1.92. The maximum atomic E-state index is 8.88. The van der Waals surface area contributed by atoms with E-state index in [2.05, 4.69) is 17.2 Å². The van der Waals surface area contributed by atoms with Gasteiger partial charge in [-0.25, -0.2) is 0 Å². The standard InChI is InChI=1S/C5H4ClNOS/c6-3-2-7-5(9)1-4(3)8/h1-2H,(H2,7,8,9). The van der Waals surface area contributed by atoms with Gasteiger partial charge in [0.05, 0.1) is 5.02 Å². The molecular weight excluding hydrogens is 158 g/mol. The summed E-state index contributed by atoms with van der Waals surface area (Å²) in [4.78, 5) is 2.66. The third-order valence-electron chi connectivity index (χ3n) is 0.854. The lowest BCUT2D eigenvalue weighted by atomic mass is 10.5. The van der Waals surface area contributed by atoms with E-state index in [4.69, 9.17) is 16.7 Å². The Bertz CT molecular complexity index is 270. The largest absolute Gasteiger partial charge is 0.506 e. The minimum atomic E-state index is 0.0143. The smallest absolute Gasteiger partial charge is 0.138 e. The minimum absolute atomic E-state index is 0.0143. The zero-order valence-electron chi connectivity index (χ0n) is 4.39. The number of nitrogens with one attached hydrogen (secondary N) is 1. The maximum Gasteiger partial charge on any atom is 0.138 e. The zero-order valence-corrected chi connectivity index (χ0v) is 5.96. The summed E-state index contributed by atoms with van der Waals surface area (Å²) in [6.45, 7) is 0. The zero-order chi connectivity index (χ0) is 6.85. The van der Waals surface area contributed by atoms with E-state index >= 15 is 0 Å². The lowest BCUT2D eigenvalue weighted by molar-refractivity contribution is 0.474. The molecule has 0 aliphatic rings. The Morgan fingerprint density at radius 1 is 1.67 bits per heavy atom. The van der Waals surface area contributed by atoms with Crippen molar-refractivity contribution in [1.82, 2.24) is 4.98 Å². The van der Waals surface area contributed by atoms with Crippen LogP contribution in [-0.4, -0.2) is 10.1 Å². The van der Waals surface area contributed by atoms with Gasteiger partial charge < -0.3 is 10.1 Å². The first-order valence-electron chi connectivity index (χ1n) is 2.27. The molecule has 0 unspecified atom stereocenters. The summed E-state index contributed by atoms with van der Waals surface area (Å²) in [7, 11) is 0. The molecule has 0 spiro atoms. The summed E-state index contributed by atoms with van der Waals surface area (Å²) in [6.07, 6.45) is 1.44. The van der Waals surface area contributed by atoms with Crippen LogP contribution in [0.2, 0.25) is 5.02 Å². The van der Waals surface area contributed by atoms with Crippen molar-refractivity contribution < 1.29 is 5.11 Å². The molecule has 1 aromatic heterocycles. The molecule has 0 fully saturated rings. The highest BCUT2D eigenvalue weighted by Crippen LogP contribution is 2.19. The fraction of sp³-hybridized carbons (Fsp3) is 0. The molecule has 0 radical (unpaired) electrons. The fourth-order valence-corrected chi connectivity index (χ4v) is 0.723. The monoisotopic (exact) mass is 161 g/mol. The van der Waals surface area contributed by atoms with Gasteiger partial charge in [-0.3, -0.25) is 0 Å². The molecule has 48 valence electrons. The average Bonchev–Trinajstić information content (AvgIpc) is 1.80. The molecule has 4 heteroatoms. The van der Waals surface area contributed by atoms with Crippen LogP contribution in [-0.2, 0) is 0 Å². The third-order valence-corrected chi connectivity index (χ3v) is 1.39. The molecule has 2 nitrogen and oxygen atoms in total. The second-order valence-corrected chi connectivity index (χ2v) is 2.38. The van der Waals surface area contributed by atoms with Crippen LogP contribution in [0.3, 0.4) is 0 Å². The molecule has 0 saturated carbocycles.